The number of nitrogens with zero attached hydrogens (tertiary/aromatic N) is 5. The van der Waals surface area contributed by atoms with E-state index in [-0.39, 0.29) is 0 Å². The van der Waals surface area contributed by atoms with Gasteiger partial charge < -0.3 is 19.7 Å². The lowest BCUT2D eigenvalue weighted by atomic mass is 9.97. The Morgan fingerprint density at radius 3 is 2.68 bits per heavy atom. The van der Waals surface area contributed by atoms with Crippen molar-refractivity contribution in [2.24, 2.45) is 13.0 Å². The minimum Gasteiger partial charge on any atom is -0.367 e. The number of aryl methyl sites for hydroxylation is 1. The number of anilines is 1. The average Bonchev–Trinajstić information content (AvgIpc) is 3.47. The monoisotopic (exact) mass is 440 g/mol. The number of nitrogens with one attached hydrogen (secondary N) is 1. The van der Waals surface area contributed by atoms with Crippen LogP contribution in [-0.4, -0.2) is 70.7 Å². The molecule has 31 heavy (non-hydrogen) atoms. The molecule has 6 nitrogen and oxygen atoms in total. The molecule has 2 atom stereocenters. The molecular formula is C24H36N6S. The summed E-state index contributed by atoms with van der Waals surface area (Å²) >= 11 is 1.87. The molecule has 0 radical (unpaired) electrons. The lowest BCUT2D eigenvalue weighted by Gasteiger charge is -2.27. The van der Waals surface area contributed by atoms with Crippen LogP contribution in [0.3, 0.4) is 0 Å². The number of likely N-dealkylation sites (tertiary alicyclic amines) is 1. The molecule has 0 spiro atoms. The molecule has 0 amide bonds. The second-order valence-electron chi connectivity index (χ2n) is 9.53. The molecule has 5 rings (SSSR count). The number of thioether (sulfide) groups is 1. The van der Waals surface area contributed by atoms with E-state index in [9.17, 15) is 0 Å². The van der Waals surface area contributed by atoms with Gasteiger partial charge in [-0.1, -0.05) is 29.5 Å². The third-order valence-corrected chi connectivity index (χ3v) is 8.52. The predicted molar refractivity (Wildman–Crippen MR) is 128 cm³/mol. The van der Waals surface area contributed by atoms with Crippen molar-refractivity contribution in [3.8, 4) is 0 Å². The van der Waals surface area contributed by atoms with Crippen LogP contribution in [0.25, 0.3) is 0 Å². The van der Waals surface area contributed by atoms with Crippen LogP contribution in [0.15, 0.2) is 29.4 Å². The van der Waals surface area contributed by atoms with Gasteiger partial charge in [0, 0.05) is 50.1 Å². The van der Waals surface area contributed by atoms with E-state index in [0.29, 0.717) is 12.0 Å². The molecule has 1 aromatic carbocycles. The maximum atomic E-state index is 4.53. The topological polar surface area (TPSA) is 49.2 Å². The highest BCUT2D eigenvalue weighted by Gasteiger charge is 2.40. The van der Waals surface area contributed by atoms with Gasteiger partial charge >= 0.3 is 0 Å². The predicted octanol–water partition coefficient (Wildman–Crippen LogP) is 3.28. The zero-order valence-electron chi connectivity index (χ0n) is 19.0. The van der Waals surface area contributed by atoms with Crippen molar-refractivity contribution in [2.75, 3.05) is 49.9 Å². The highest BCUT2D eigenvalue weighted by molar-refractivity contribution is 7.99. The number of piperidine rings is 1. The Balaban J connectivity index is 1.08. The molecule has 0 bridgehead atoms. The smallest absolute Gasteiger partial charge is 0.190 e. The quantitative estimate of drug-likeness (QED) is 0.527. The summed E-state index contributed by atoms with van der Waals surface area (Å²) < 4.78 is 2.24. The van der Waals surface area contributed by atoms with Gasteiger partial charge in [0.25, 0.3) is 0 Å². The van der Waals surface area contributed by atoms with Crippen LogP contribution in [0.2, 0.25) is 0 Å². The highest BCUT2D eigenvalue weighted by Crippen LogP contribution is 2.35. The standard InChI is InChI=1S/C24H36N6S/c1-18-4-6-21(7-5-18)30-14-10-20-16-29(17-22(20)30)13-3-15-31-24-27-26-23(28(24)2)19-8-11-25-12-9-19/h4-7,19-20,22,25H,3,8-17H2,1-2H3. The number of rotatable bonds is 7. The molecule has 3 aliphatic rings. The molecular weight excluding hydrogens is 404 g/mol. The summed E-state index contributed by atoms with van der Waals surface area (Å²) in [7, 11) is 2.14. The van der Waals surface area contributed by atoms with Gasteiger partial charge in [-0.2, -0.15) is 0 Å². The zero-order chi connectivity index (χ0) is 21.2. The van der Waals surface area contributed by atoms with Gasteiger partial charge in [0.2, 0.25) is 0 Å². The molecule has 3 saturated heterocycles. The Morgan fingerprint density at radius 2 is 1.87 bits per heavy atom. The van der Waals surface area contributed by atoms with E-state index in [1.54, 1.807) is 0 Å². The summed E-state index contributed by atoms with van der Waals surface area (Å²) in [5.74, 6) is 3.69. The van der Waals surface area contributed by atoms with E-state index in [0.717, 1.165) is 29.9 Å². The molecule has 3 aliphatic heterocycles. The van der Waals surface area contributed by atoms with Gasteiger partial charge in [-0.15, -0.1) is 10.2 Å². The summed E-state index contributed by atoms with van der Waals surface area (Å²) in [6.07, 6.45) is 4.90. The highest BCUT2D eigenvalue weighted by atomic mass is 32.2. The van der Waals surface area contributed by atoms with Crippen molar-refractivity contribution >= 4 is 17.4 Å². The van der Waals surface area contributed by atoms with Gasteiger partial charge in [-0.25, -0.2) is 0 Å². The Labute approximate surface area is 190 Å². The number of aromatic nitrogens is 3. The Bertz CT molecular complexity index is 859. The van der Waals surface area contributed by atoms with E-state index in [4.69, 9.17) is 0 Å². The van der Waals surface area contributed by atoms with E-state index in [1.807, 2.05) is 11.8 Å². The minimum absolute atomic E-state index is 0.564. The Hall–Kier alpha value is -1.57. The molecule has 0 aliphatic carbocycles. The fourth-order valence-electron chi connectivity index (χ4n) is 5.63. The Kier molecular flexibility index (Phi) is 6.53. The van der Waals surface area contributed by atoms with E-state index < -0.39 is 0 Å². The summed E-state index contributed by atoms with van der Waals surface area (Å²) in [5, 5.41) is 13.5. The molecule has 3 fully saturated rings. The number of benzene rings is 1. The largest absolute Gasteiger partial charge is 0.367 e. The number of fused-ring (bicyclic) bond motifs is 1. The van der Waals surface area contributed by atoms with Crippen molar-refractivity contribution in [1.82, 2.24) is 25.0 Å². The first-order valence-corrected chi connectivity index (χ1v) is 13.0. The average molecular weight is 441 g/mol. The van der Waals surface area contributed by atoms with Crippen LogP contribution in [0.5, 0.6) is 0 Å². The zero-order valence-corrected chi connectivity index (χ0v) is 19.8. The SMILES string of the molecule is Cc1ccc(N2CCC3CN(CCCSc4nnc(C5CCNCC5)n4C)CC32)cc1. The normalized spacial score (nSPS) is 24.8. The van der Waals surface area contributed by atoms with Crippen LogP contribution >= 0.6 is 11.8 Å². The number of hydrogen-bond acceptors (Lipinski definition) is 6. The van der Waals surface area contributed by atoms with Crippen molar-refractivity contribution in [3.05, 3.63) is 35.7 Å². The fourth-order valence-corrected chi connectivity index (χ4v) is 6.47. The van der Waals surface area contributed by atoms with Crippen LogP contribution in [-0.2, 0) is 7.05 Å². The van der Waals surface area contributed by atoms with Gasteiger partial charge in [-0.05, 0) is 70.3 Å². The van der Waals surface area contributed by atoms with Crippen LogP contribution in [0.4, 0.5) is 5.69 Å². The Morgan fingerprint density at radius 1 is 1.06 bits per heavy atom. The van der Waals surface area contributed by atoms with Crippen LogP contribution < -0.4 is 10.2 Å². The maximum absolute atomic E-state index is 4.53. The minimum atomic E-state index is 0.564. The molecule has 0 saturated carbocycles. The molecule has 4 heterocycles. The van der Waals surface area contributed by atoms with Crippen LogP contribution in [0, 0.1) is 12.8 Å². The second kappa shape index (κ2) is 9.51. The third kappa shape index (κ3) is 4.64. The van der Waals surface area contributed by atoms with Crippen molar-refractivity contribution in [2.45, 2.75) is 49.7 Å². The molecule has 2 aromatic rings. The van der Waals surface area contributed by atoms with Gasteiger partial charge in [0.05, 0.1) is 0 Å². The first kappa shape index (κ1) is 21.3. The van der Waals surface area contributed by atoms with Crippen LogP contribution in [0.1, 0.15) is 43.0 Å². The molecule has 168 valence electrons. The molecule has 7 heteroatoms. The summed E-state index contributed by atoms with van der Waals surface area (Å²) in [6.45, 7) is 9.25. The molecule has 1 aromatic heterocycles. The second-order valence-corrected chi connectivity index (χ2v) is 10.6. The van der Waals surface area contributed by atoms with Crippen molar-refractivity contribution < 1.29 is 0 Å². The van der Waals surface area contributed by atoms with E-state index >= 15 is 0 Å². The van der Waals surface area contributed by atoms with E-state index in [1.165, 1.54) is 68.9 Å². The lowest BCUT2D eigenvalue weighted by Crippen LogP contribution is -2.35. The lowest BCUT2D eigenvalue weighted by molar-refractivity contribution is 0.319. The third-order valence-electron chi connectivity index (χ3n) is 7.41. The summed E-state index contributed by atoms with van der Waals surface area (Å²) in [4.78, 5) is 5.34. The van der Waals surface area contributed by atoms with Crippen molar-refractivity contribution in [3.63, 3.8) is 0 Å². The number of hydrogen-bond donors (Lipinski definition) is 1. The summed E-state index contributed by atoms with van der Waals surface area (Å²) in [6, 6.07) is 9.79. The fraction of sp³-hybridized carbons (Fsp3) is 0.667. The first-order valence-electron chi connectivity index (χ1n) is 12.0. The first-order chi connectivity index (χ1) is 15.2. The maximum Gasteiger partial charge on any atom is 0.190 e. The van der Waals surface area contributed by atoms with Crippen molar-refractivity contribution in [1.29, 1.82) is 0 Å². The van der Waals surface area contributed by atoms with Gasteiger partial charge in [0.1, 0.15) is 5.82 Å². The summed E-state index contributed by atoms with van der Waals surface area (Å²) in [5.41, 5.74) is 2.75. The van der Waals surface area contributed by atoms with Gasteiger partial charge in [-0.3, -0.25) is 0 Å². The van der Waals surface area contributed by atoms with Gasteiger partial charge in [0.15, 0.2) is 5.16 Å². The molecule has 2 unspecified atom stereocenters. The molecule has 1 N–H and O–H groups in total. The van der Waals surface area contributed by atoms with E-state index in [2.05, 4.69) is 68.1 Å².